The molecule has 0 spiro atoms. The highest BCUT2D eigenvalue weighted by Crippen LogP contribution is 2.33. The Morgan fingerprint density at radius 3 is 2.95 bits per heavy atom. The van der Waals surface area contributed by atoms with Gasteiger partial charge in [0, 0.05) is 11.3 Å². The lowest BCUT2D eigenvalue weighted by Crippen LogP contribution is -2.18. The van der Waals surface area contributed by atoms with Gasteiger partial charge in [0.05, 0.1) is 12.1 Å². The molecular weight excluding hydrogens is 247 g/mol. The number of benzene rings is 1. The number of fused-ring (bicyclic) bond motifs is 1. The first kappa shape index (κ1) is 11.9. The second kappa shape index (κ2) is 4.50. The topological polar surface area (TPSA) is 55.1 Å². The van der Waals surface area contributed by atoms with Crippen LogP contribution in [0.3, 0.4) is 0 Å². The Morgan fingerprint density at radius 2 is 2.21 bits per heavy atom. The number of nitrogens with zero attached hydrogens (tertiary/aromatic N) is 2. The standard InChI is InChI=1S/C14H13FN2O2/c15-11-5-1-2-6-13(11)17-12-7-3-4-9(14(18)19)10(12)8-16-17/h1-2,5-6,8-9H,3-4,7H2,(H,18,19)/t9-/m1/s1. The fourth-order valence-corrected chi connectivity index (χ4v) is 2.64. The molecule has 1 atom stereocenters. The Morgan fingerprint density at radius 1 is 1.42 bits per heavy atom. The van der Waals surface area contributed by atoms with Crippen molar-refractivity contribution in [2.75, 3.05) is 0 Å². The zero-order chi connectivity index (χ0) is 13.4. The van der Waals surface area contributed by atoms with Gasteiger partial charge < -0.3 is 5.11 Å². The number of hydrogen-bond acceptors (Lipinski definition) is 2. The van der Waals surface area contributed by atoms with Gasteiger partial charge in [-0.25, -0.2) is 9.07 Å². The van der Waals surface area contributed by atoms with Crippen LogP contribution < -0.4 is 0 Å². The molecule has 0 saturated carbocycles. The maximum absolute atomic E-state index is 13.8. The molecule has 1 heterocycles. The molecule has 0 saturated heterocycles. The van der Waals surface area contributed by atoms with Gasteiger partial charge in [0.1, 0.15) is 11.5 Å². The Bertz CT molecular complexity index is 636. The summed E-state index contributed by atoms with van der Waals surface area (Å²) in [5.41, 5.74) is 1.89. The van der Waals surface area contributed by atoms with E-state index < -0.39 is 11.9 Å². The zero-order valence-electron chi connectivity index (χ0n) is 10.2. The number of rotatable bonds is 2. The molecule has 98 valence electrons. The number of carboxylic acid groups (broad SMARTS) is 1. The van der Waals surface area contributed by atoms with Crippen LogP contribution in [0.5, 0.6) is 0 Å². The molecule has 19 heavy (non-hydrogen) atoms. The number of aliphatic carboxylic acids is 1. The fourth-order valence-electron chi connectivity index (χ4n) is 2.64. The summed E-state index contributed by atoms with van der Waals surface area (Å²) >= 11 is 0. The third-order valence-electron chi connectivity index (χ3n) is 3.56. The number of halogens is 1. The largest absolute Gasteiger partial charge is 0.481 e. The van der Waals surface area contributed by atoms with Crippen molar-refractivity contribution in [1.82, 2.24) is 9.78 Å². The van der Waals surface area contributed by atoms with Crippen LogP contribution in [0.25, 0.3) is 5.69 Å². The molecule has 2 aromatic rings. The highest BCUT2D eigenvalue weighted by molar-refractivity contribution is 5.76. The molecule has 0 aliphatic heterocycles. The Labute approximate surface area is 109 Å². The van der Waals surface area contributed by atoms with Crippen LogP contribution in [0.2, 0.25) is 0 Å². The number of hydrogen-bond donors (Lipinski definition) is 1. The molecule has 0 bridgehead atoms. The molecule has 1 aromatic carbocycles. The van der Waals surface area contributed by atoms with E-state index in [0.29, 0.717) is 17.7 Å². The van der Waals surface area contributed by atoms with Gasteiger partial charge in [-0.15, -0.1) is 0 Å². The number of para-hydroxylation sites is 1. The van der Waals surface area contributed by atoms with Crippen LogP contribution >= 0.6 is 0 Å². The number of aromatic nitrogens is 2. The zero-order valence-corrected chi connectivity index (χ0v) is 10.2. The molecule has 0 fully saturated rings. The number of carbonyl (C=O) groups is 1. The molecule has 1 N–H and O–H groups in total. The minimum Gasteiger partial charge on any atom is -0.481 e. The molecule has 0 radical (unpaired) electrons. The van der Waals surface area contributed by atoms with Crippen LogP contribution in [0.15, 0.2) is 30.5 Å². The maximum Gasteiger partial charge on any atom is 0.311 e. The van der Waals surface area contributed by atoms with Crippen molar-refractivity contribution < 1.29 is 14.3 Å². The van der Waals surface area contributed by atoms with Gasteiger partial charge in [-0.1, -0.05) is 12.1 Å². The first-order chi connectivity index (χ1) is 9.18. The maximum atomic E-state index is 13.8. The average Bonchev–Trinajstić information content (AvgIpc) is 2.82. The Kier molecular flexibility index (Phi) is 2.81. The van der Waals surface area contributed by atoms with E-state index in [4.69, 9.17) is 0 Å². The monoisotopic (exact) mass is 260 g/mol. The lowest BCUT2D eigenvalue weighted by molar-refractivity contribution is -0.139. The summed E-state index contributed by atoms with van der Waals surface area (Å²) in [5, 5.41) is 13.4. The van der Waals surface area contributed by atoms with Crippen LogP contribution in [0.4, 0.5) is 4.39 Å². The summed E-state index contributed by atoms with van der Waals surface area (Å²) in [5.74, 6) is -1.72. The minimum atomic E-state index is -0.839. The highest BCUT2D eigenvalue weighted by Gasteiger charge is 2.29. The Balaban J connectivity index is 2.11. The third-order valence-corrected chi connectivity index (χ3v) is 3.56. The fraction of sp³-hybridized carbons (Fsp3) is 0.286. The van der Waals surface area contributed by atoms with Crippen LogP contribution in [0.1, 0.15) is 30.0 Å². The van der Waals surface area contributed by atoms with Gasteiger partial charge in [0.25, 0.3) is 0 Å². The lowest BCUT2D eigenvalue weighted by Gasteiger charge is -2.19. The van der Waals surface area contributed by atoms with E-state index in [1.165, 1.54) is 10.7 Å². The predicted octanol–water partition coefficient (Wildman–Crippen LogP) is 2.52. The van der Waals surface area contributed by atoms with Gasteiger partial charge in [-0.3, -0.25) is 4.79 Å². The molecule has 5 heteroatoms. The smallest absolute Gasteiger partial charge is 0.311 e. The van der Waals surface area contributed by atoms with Crippen molar-refractivity contribution >= 4 is 5.97 Å². The Hall–Kier alpha value is -2.17. The predicted molar refractivity (Wildman–Crippen MR) is 66.8 cm³/mol. The summed E-state index contributed by atoms with van der Waals surface area (Å²) in [6.07, 6.45) is 3.68. The first-order valence-electron chi connectivity index (χ1n) is 6.23. The SMILES string of the molecule is O=C(O)[C@@H]1CCCc2c1cnn2-c1ccccc1F. The van der Waals surface area contributed by atoms with E-state index in [1.807, 2.05) is 0 Å². The molecule has 1 aliphatic rings. The lowest BCUT2D eigenvalue weighted by atomic mass is 9.87. The summed E-state index contributed by atoms with van der Waals surface area (Å²) in [6.45, 7) is 0. The molecule has 3 rings (SSSR count). The van der Waals surface area contributed by atoms with Gasteiger partial charge in [0.2, 0.25) is 0 Å². The molecule has 0 amide bonds. The number of carboxylic acids is 1. The molecule has 1 aliphatic carbocycles. The first-order valence-corrected chi connectivity index (χ1v) is 6.23. The quantitative estimate of drug-likeness (QED) is 0.902. The summed E-state index contributed by atoms with van der Waals surface area (Å²) in [7, 11) is 0. The van der Waals surface area contributed by atoms with Crippen molar-refractivity contribution in [3.8, 4) is 5.69 Å². The average molecular weight is 260 g/mol. The van der Waals surface area contributed by atoms with Gasteiger partial charge in [-0.05, 0) is 31.4 Å². The molecule has 0 unspecified atom stereocenters. The van der Waals surface area contributed by atoms with E-state index in [-0.39, 0.29) is 5.82 Å². The van der Waals surface area contributed by atoms with Crippen molar-refractivity contribution in [2.45, 2.75) is 25.2 Å². The van der Waals surface area contributed by atoms with Gasteiger partial charge in [-0.2, -0.15) is 5.10 Å². The highest BCUT2D eigenvalue weighted by atomic mass is 19.1. The van der Waals surface area contributed by atoms with E-state index in [9.17, 15) is 14.3 Å². The van der Waals surface area contributed by atoms with E-state index >= 15 is 0 Å². The van der Waals surface area contributed by atoms with Gasteiger partial charge >= 0.3 is 5.97 Å². The van der Waals surface area contributed by atoms with E-state index in [1.54, 1.807) is 24.4 Å². The molecular formula is C14H13FN2O2. The van der Waals surface area contributed by atoms with Gasteiger partial charge in [0.15, 0.2) is 0 Å². The third kappa shape index (κ3) is 1.91. The van der Waals surface area contributed by atoms with E-state index in [2.05, 4.69) is 5.10 Å². The van der Waals surface area contributed by atoms with Crippen molar-refractivity contribution in [3.63, 3.8) is 0 Å². The summed E-state index contributed by atoms with van der Waals surface area (Å²) in [6, 6.07) is 6.38. The van der Waals surface area contributed by atoms with Crippen molar-refractivity contribution in [3.05, 3.63) is 47.5 Å². The van der Waals surface area contributed by atoms with Crippen molar-refractivity contribution in [2.24, 2.45) is 0 Å². The molecule has 1 aromatic heterocycles. The second-order valence-electron chi connectivity index (χ2n) is 4.69. The summed E-state index contributed by atoms with van der Waals surface area (Å²) < 4.78 is 15.3. The normalized spacial score (nSPS) is 18.1. The van der Waals surface area contributed by atoms with Crippen LogP contribution in [0, 0.1) is 5.82 Å². The summed E-state index contributed by atoms with van der Waals surface area (Å²) in [4.78, 5) is 11.2. The van der Waals surface area contributed by atoms with E-state index in [0.717, 1.165) is 18.5 Å². The second-order valence-corrected chi connectivity index (χ2v) is 4.69. The van der Waals surface area contributed by atoms with Crippen molar-refractivity contribution in [1.29, 1.82) is 0 Å². The molecule has 4 nitrogen and oxygen atoms in total. The van der Waals surface area contributed by atoms with Crippen LogP contribution in [-0.2, 0) is 11.2 Å². The van der Waals surface area contributed by atoms with Crippen LogP contribution in [-0.4, -0.2) is 20.9 Å². The minimum absolute atomic E-state index is 0.356.